The van der Waals surface area contributed by atoms with Gasteiger partial charge in [-0.2, -0.15) is 9.49 Å². The minimum atomic E-state index is -1.23. The van der Waals surface area contributed by atoms with Gasteiger partial charge in [-0.05, 0) is 55.7 Å². The van der Waals surface area contributed by atoms with Crippen LogP contribution in [0.4, 0.5) is 10.2 Å². The predicted molar refractivity (Wildman–Crippen MR) is 196 cm³/mol. The summed E-state index contributed by atoms with van der Waals surface area (Å²) in [5.41, 5.74) is 9.14. The van der Waals surface area contributed by atoms with Crippen LogP contribution in [0.3, 0.4) is 0 Å². The fourth-order valence-electron chi connectivity index (χ4n) is 8.36. The second kappa shape index (κ2) is 16.8. The SMILES string of the molecule is CCc1noc(C(C(=O)Nc2ccc(-c3c(C)nn(COCC[Si](C)(C)C)c3CC)c(F)n2)C(C2CCCCC2)C2CCCCC2)c1C(N)=O. The van der Waals surface area contributed by atoms with Gasteiger partial charge in [0.25, 0.3) is 5.91 Å². The average molecular weight is 709 g/mol. The highest BCUT2D eigenvalue weighted by Crippen LogP contribution is 2.48. The van der Waals surface area contributed by atoms with E-state index in [2.05, 4.69) is 40.2 Å². The van der Waals surface area contributed by atoms with E-state index in [0.717, 1.165) is 63.1 Å². The van der Waals surface area contributed by atoms with Crippen LogP contribution in [-0.4, -0.2) is 46.4 Å². The first kappa shape index (κ1) is 37.9. The molecule has 2 fully saturated rings. The summed E-state index contributed by atoms with van der Waals surface area (Å²) < 4.78 is 29.7. The normalized spacial score (nSPS) is 17.0. The van der Waals surface area contributed by atoms with Crippen LogP contribution in [0.25, 0.3) is 11.1 Å². The van der Waals surface area contributed by atoms with E-state index in [1.165, 1.54) is 12.8 Å². The molecule has 50 heavy (non-hydrogen) atoms. The van der Waals surface area contributed by atoms with Gasteiger partial charge in [0.05, 0.1) is 11.4 Å². The molecule has 2 aliphatic carbocycles. The van der Waals surface area contributed by atoms with Crippen LogP contribution in [0, 0.1) is 30.6 Å². The van der Waals surface area contributed by atoms with Crippen molar-refractivity contribution in [2.24, 2.45) is 23.5 Å². The van der Waals surface area contributed by atoms with Gasteiger partial charge < -0.3 is 20.3 Å². The topological polar surface area (TPSA) is 138 Å². The van der Waals surface area contributed by atoms with Crippen molar-refractivity contribution in [3.63, 3.8) is 0 Å². The van der Waals surface area contributed by atoms with E-state index in [1.54, 1.807) is 12.1 Å². The van der Waals surface area contributed by atoms with Crippen molar-refractivity contribution < 1.29 is 23.2 Å². The van der Waals surface area contributed by atoms with E-state index >= 15 is 4.39 Å². The number of nitrogens with zero attached hydrogens (tertiary/aromatic N) is 4. The van der Waals surface area contributed by atoms with Gasteiger partial charge in [0.15, 0.2) is 5.76 Å². The number of nitrogens with two attached hydrogens (primary N) is 1. The van der Waals surface area contributed by atoms with Crippen molar-refractivity contribution in [3.05, 3.63) is 46.5 Å². The molecule has 0 aliphatic heterocycles. The quantitative estimate of drug-likeness (QED) is 0.0918. The molecule has 0 aromatic carbocycles. The lowest BCUT2D eigenvalue weighted by molar-refractivity contribution is -0.121. The Kier molecular flexibility index (Phi) is 12.7. The molecule has 10 nitrogen and oxygen atoms in total. The van der Waals surface area contributed by atoms with E-state index in [1.807, 2.05) is 25.5 Å². The Morgan fingerprint density at radius 3 is 2.22 bits per heavy atom. The maximum Gasteiger partial charge on any atom is 0.254 e. The highest BCUT2D eigenvalue weighted by Gasteiger charge is 2.45. The Bertz CT molecular complexity index is 1600. The third kappa shape index (κ3) is 8.73. The third-order valence-electron chi connectivity index (χ3n) is 10.9. The molecule has 3 N–H and O–H groups in total. The largest absolute Gasteiger partial charge is 0.365 e. The standard InChI is InChI=1S/C38H57FN6O4Si/c1-7-28-33(37(40)46)35(49-44-28)34(32(25-15-11-9-12-16-25)26-17-13-10-14-18-26)38(47)42-30-20-19-27(36(39)41-30)31-24(3)43-45(29(31)8-2)23-48-21-22-50(4,5)6/h19-20,25-26,32,34H,7-18,21-23H2,1-6H3,(H2,40,46)(H,41,42,47). The van der Waals surface area contributed by atoms with Crippen molar-refractivity contribution in [1.82, 2.24) is 19.9 Å². The van der Waals surface area contributed by atoms with Crippen molar-refractivity contribution >= 4 is 25.7 Å². The van der Waals surface area contributed by atoms with Gasteiger partial charge in [0.1, 0.15) is 24.0 Å². The minimum absolute atomic E-state index is 0.0657. The molecule has 1 atom stereocenters. The molecule has 12 heteroatoms. The summed E-state index contributed by atoms with van der Waals surface area (Å²) in [5, 5.41) is 11.8. The zero-order valence-corrected chi connectivity index (χ0v) is 31.9. The van der Waals surface area contributed by atoms with E-state index in [9.17, 15) is 9.59 Å². The van der Waals surface area contributed by atoms with Crippen LogP contribution >= 0.6 is 0 Å². The van der Waals surface area contributed by atoms with Crippen LogP contribution in [0.2, 0.25) is 25.7 Å². The Hall–Kier alpha value is -3.38. The van der Waals surface area contributed by atoms with Crippen LogP contribution in [0.5, 0.6) is 0 Å². The summed E-state index contributed by atoms with van der Waals surface area (Å²) in [6.07, 6.45) is 11.9. The lowest BCUT2D eigenvalue weighted by Gasteiger charge is -2.41. The molecule has 1 unspecified atom stereocenters. The number of aryl methyl sites for hydroxylation is 2. The molecular formula is C38H57FN6O4Si. The number of aromatic nitrogens is 4. The number of anilines is 1. The molecule has 2 saturated carbocycles. The van der Waals surface area contributed by atoms with Crippen molar-refractivity contribution in [1.29, 1.82) is 0 Å². The maximum atomic E-state index is 16.0. The number of nitrogens with one attached hydrogen (secondary N) is 1. The summed E-state index contributed by atoms with van der Waals surface area (Å²) in [4.78, 5) is 31.7. The van der Waals surface area contributed by atoms with Crippen molar-refractivity contribution in [3.8, 4) is 11.1 Å². The van der Waals surface area contributed by atoms with Crippen LogP contribution in [0.15, 0.2) is 16.7 Å². The summed E-state index contributed by atoms with van der Waals surface area (Å²) in [6.45, 7) is 13.7. The Labute approximate surface area is 297 Å². The molecule has 0 spiro atoms. The molecule has 0 radical (unpaired) electrons. The van der Waals surface area contributed by atoms with Gasteiger partial charge in [-0.15, -0.1) is 0 Å². The zero-order valence-electron chi connectivity index (χ0n) is 30.9. The molecule has 0 bridgehead atoms. The Morgan fingerprint density at radius 1 is 1.04 bits per heavy atom. The van der Waals surface area contributed by atoms with Gasteiger partial charge in [-0.3, -0.25) is 9.59 Å². The van der Waals surface area contributed by atoms with Crippen LogP contribution < -0.4 is 11.1 Å². The number of carbonyl (C=O) groups excluding carboxylic acids is 2. The molecule has 2 amide bonds. The first-order valence-corrected chi connectivity index (χ1v) is 22.5. The highest BCUT2D eigenvalue weighted by atomic mass is 28.3. The number of halogens is 1. The summed E-state index contributed by atoms with van der Waals surface area (Å²) in [7, 11) is -1.23. The summed E-state index contributed by atoms with van der Waals surface area (Å²) >= 11 is 0. The van der Waals surface area contributed by atoms with Gasteiger partial charge in [0, 0.05) is 31.5 Å². The van der Waals surface area contributed by atoms with E-state index in [0.29, 0.717) is 48.7 Å². The number of amides is 2. The maximum absolute atomic E-state index is 16.0. The predicted octanol–water partition coefficient (Wildman–Crippen LogP) is 8.42. The zero-order chi connectivity index (χ0) is 36.0. The monoisotopic (exact) mass is 708 g/mol. The third-order valence-corrected chi connectivity index (χ3v) is 12.6. The number of hydrogen-bond donors (Lipinski definition) is 2. The van der Waals surface area contributed by atoms with E-state index in [4.69, 9.17) is 15.0 Å². The van der Waals surface area contributed by atoms with Gasteiger partial charge in [0.2, 0.25) is 11.9 Å². The number of carbonyl (C=O) groups is 2. The second-order valence-corrected chi connectivity index (χ2v) is 21.2. The number of pyridine rings is 1. The second-order valence-electron chi connectivity index (χ2n) is 15.6. The van der Waals surface area contributed by atoms with Crippen LogP contribution in [-0.2, 0) is 29.1 Å². The highest BCUT2D eigenvalue weighted by molar-refractivity contribution is 6.76. The molecular weight excluding hydrogens is 652 g/mol. The first-order chi connectivity index (χ1) is 23.9. The molecule has 5 rings (SSSR count). The van der Waals surface area contributed by atoms with Gasteiger partial charge in [-0.1, -0.05) is 103 Å². The van der Waals surface area contributed by atoms with Crippen LogP contribution in [0.1, 0.15) is 117 Å². The minimum Gasteiger partial charge on any atom is -0.365 e. The Morgan fingerprint density at radius 2 is 1.68 bits per heavy atom. The number of primary amides is 1. The fraction of sp³-hybridized carbons (Fsp3) is 0.658. The molecule has 3 aromatic heterocycles. The summed E-state index contributed by atoms with van der Waals surface area (Å²) in [5.74, 6) is -1.69. The lowest BCUT2D eigenvalue weighted by atomic mass is 9.63. The number of rotatable bonds is 15. The average Bonchev–Trinajstić information content (AvgIpc) is 3.66. The van der Waals surface area contributed by atoms with Gasteiger partial charge in [-0.25, -0.2) is 9.67 Å². The fourth-order valence-corrected chi connectivity index (χ4v) is 9.12. The van der Waals surface area contributed by atoms with E-state index in [-0.39, 0.29) is 40.8 Å². The molecule has 0 saturated heterocycles. The molecule has 274 valence electrons. The molecule has 3 aromatic rings. The Balaban J connectivity index is 1.46. The van der Waals surface area contributed by atoms with Crippen molar-refractivity contribution in [2.45, 2.75) is 136 Å². The number of ether oxygens (including phenoxy) is 1. The first-order valence-electron chi connectivity index (χ1n) is 18.8. The van der Waals surface area contributed by atoms with Crippen molar-refractivity contribution in [2.75, 3.05) is 11.9 Å². The lowest BCUT2D eigenvalue weighted by Crippen LogP contribution is -2.39. The van der Waals surface area contributed by atoms with Gasteiger partial charge >= 0.3 is 0 Å². The van der Waals surface area contributed by atoms with E-state index < -0.39 is 25.8 Å². The molecule has 3 heterocycles. The number of hydrogen-bond acceptors (Lipinski definition) is 7. The summed E-state index contributed by atoms with van der Waals surface area (Å²) in [6, 6.07) is 4.35. The molecule has 2 aliphatic rings. The smallest absolute Gasteiger partial charge is 0.254 e.